The zero-order valence-electron chi connectivity index (χ0n) is 38.6. The SMILES string of the molecule is CC(C)CC(NC(=O)C(Cc1c[nH]c2ccccc12)NC(=O)C1CCCN1C(=O)CN)C(=O)NC(CCC(=O)O)C(=O)NC(CCC(=O)O)C(=O)NC(CCC(=O)O)C(=O)NC(CCC(=O)O)C(=O)O. The Kier molecular flexibility index (Phi) is 22.2. The number of aromatic nitrogens is 1. The number of hydrogen-bond donors (Lipinski definition) is 13. The van der Waals surface area contributed by atoms with Crippen LogP contribution in [0.15, 0.2) is 30.5 Å². The monoisotopic (exact) mass is 987 g/mol. The third-order valence-electron chi connectivity index (χ3n) is 11.2. The Balaban J connectivity index is 1.92. The molecule has 26 heteroatoms. The van der Waals surface area contributed by atoms with Gasteiger partial charge in [-0.05, 0) is 62.5 Å². The fourth-order valence-corrected chi connectivity index (χ4v) is 7.65. The summed E-state index contributed by atoms with van der Waals surface area (Å²) in [6, 6.07) is -3.81. The van der Waals surface area contributed by atoms with Crippen molar-refractivity contribution in [3.8, 4) is 0 Å². The highest BCUT2D eigenvalue weighted by molar-refractivity contribution is 5.98. The Morgan fingerprint density at radius 3 is 1.50 bits per heavy atom. The van der Waals surface area contributed by atoms with Crippen molar-refractivity contribution in [3.05, 3.63) is 36.0 Å². The summed E-state index contributed by atoms with van der Waals surface area (Å²) in [6.07, 6.45) is -3.25. The van der Waals surface area contributed by atoms with Crippen LogP contribution in [-0.2, 0) is 64.0 Å². The smallest absolute Gasteiger partial charge is 0.326 e. The summed E-state index contributed by atoms with van der Waals surface area (Å²) in [4.78, 5) is 158. The number of fused-ring (bicyclic) bond motifs is 1. The maximum absolute atomic E-state index is 14.3. The topological polar surface area (TPSA) is 423 Å². The Hall–Kier alpha value is -7.64. The largest absolute Gasteiger partial charge is 0.481 e. The molecule has 70 heavy (non-hydrogen) atoms. The molecule has 2 heterocycles. The molecule has 1 fully saturated rings. The highest BCUT2D eigenvalue weighted by Crippen LogP contribution is 2.21. The number of carboxylic acid groups (broad SMARTS) is 5. The van der Waals surface area contributed by atoms with Crippen LogP contribution in [0.3, 0.4) is 0 Å². The molecule has 7 atom stereocenters. The minimum atomic E-state index is -1.86. The van der Waals surface area contributed by atoms with E-state index in [4.69, 9.17) is 10.8 Å². The lowest BCUT2D eigenvalue weighted by atomic mass is 9.99. The number of carbonyl (C=O) groups is 12. The van der Waals surface area contributed by atoms with Crippen molar-refractivity contribution < 1.29 is 83.1 Å². The lowest BCUT2D eigenvalue weighted by molar-refractivity contribution is -0.144. The third-order valence-corrected chi connectivity index (χ3v) is 11.2. The molecule has 1 aliphatic heterocycles. The summed E-state index contributed by atoms with van der Waals surface area (Å²) in [5.41, 5.74) is 6.92. The molecule has 3 rings (SSSR count). The number of benzene rings is 1. The van der Waals surface area contributed by atoms with Crippen LogP contribution in [0.4, 0.5) is 0 Å². The summed E-state index contributed by atoms with van der Waals surface area (Å²) in [5.74, 6) is -14.4. The molecular formula is C44H61N9O17. The number of amides is 7. The Bertz CT molecular complexity index is 2270. The zero-order chi connectivity index (χ0) is 52.2. The van der Waals surface area contributed by atoms with E-state index in [2.05, 4.69) is 31.6 Å². The van der Waals surface area contributed by atoms with Gasteiger partial charge in [0.25, 0.3) is 0 Å². The molecule has 14 N–H and O–H groups in total. The van der Waals surface area contributed by atoms with Crippen LogP contribution in [0.2, 0.25) is 0 Å². The zero-order valence-corrected chi connectivity index (χ0v) is 38.6. The summed E-state index contributed by atoms with van der Waals surface area (Å²) in [7, 11) is 0. The number of para-hydroxylation sites is 1. The lowest BCUT2D eigenvalue weighted by Crippen LogP contribution is -2.60. The summed E-state index contributed by atoms with van der Waals surface area (Å²) >= 11 is 0. The van der Waals surface area contributed by atoms with E-state index in [1.54, 1.807) is 44.3 Å². The third kappa shape index (κ3) is 18.1. The maximum atomic E-state index is 14.3. The molecular weight excluding hydrogens is 927 g/mol. The van der Waals surface area contributed by atoms with E-state index in [9.17, 15) is 78.0 Å². The van der Waals surface area contributed by atoms with Crippen LogP contribution in [0, 0.1) is 5.92 Å². The second kappa shape index (κ2) is 27.4. The molecule has 0 aliphatic carbocycles. The molecule has 1 saturated heterocycles. The number of hydrogen-bond acceptors (Lipinski definition) is 13. The first-order chi connectivity index (χ1) is 33.0. The van der Waals surface area contributed by atoms with Gasteiger partial charge in [0.05, 0.1) is 6.54 Å². The van der Waals surface area contributed by atoms with E-state index in [-0.39, 0.29) is 31.8 Å². The molecule has 1 aliphatic rings. The van der Waals surface area contributed by atoms with Gasteiger partial charge in [0, 0.05) is 55.7 Å². The molecule has 1 aromatic carbocycles. The van der Waals surface area contributed by atoms with Crippen LogP contribution < -0.4 is 37.6 Å². The molecule has 0 radical (unpaired) electrons. The predicted molar refractivity (Wildman–Crippen MR) is 242 cm³/mol. The van der Waals surface area contributed by atoms with Gasteiger partial charge in [-0.3, -0.25) is 52.7 Å². The van der Waals surface area contributed by atoms with E-state index in [1.807, 2.05) is 5.32 Å². The van der Waals surface area contributed by atoms with Gasteiger partial charge in [-0.25, -0.2) is 4.79 Å². The number of nitrogens with zero attached hydrogens (tertiary/aromatic N) is 1. The minimum Gasteiger partial charge on any atom is -0.481 e. The van der Waals surface area contributed by atoms with Crippen molar-refractivity contribution in [1.82, 2.24) is 41.8 Å². The first-order valence-electron chi connectivity index (χ1n) is 22.5. The average molecular weight is 988 g/mol. The molecule has 0 saturated carbocycles. The first kappa shape index (κ1) is 56.7. The van der Waals surface area contributed by atoms with Crippen molar-refractivity contribution in [3.63, 3.8) is 0 Å². The Morgan fingerprint density at radius 1 is 0.614 bits per heavy atom. The van der Waals surface area contributed by atoms with Gasteiger partial charge in [-0.1, -0.05) is 32.0 Å². The fourth-order valence-electron chi connectivity index (χ4n) is 7.65. The van der Waals surface area contributed by atoms with Crippen LogP contribution in [0.5, 0.6) is 0 Å². The van der Waals surface area contributed by atoms with Gasteiger partial charge in [0.2, 0.25) is 41.4 Å². The molecule has 7 unspecified atom stereocenters. The van der Waals surface area contributed by atoms with Gasteiger partial charge < -0.3 is 73.1 Å². The number of aliphatic carboxylic acids is 5. The minimum absolute atomic E-state index is 0.0670. The highest BCUT2D eigenvalue weighted by atomic mass is 16.4. The van der Waals surface area contributed by atoms with Crippen molar-refractivity contribution in [2.75, 3.05) is 13.1 Å². The number of aromatic amines is 1. The summed E-state index contributed by atoms with van der Waals surface area (Å²) < 4.78 is 0. The standard InChI is InChI=1S/C44H61N9O17/c1-22(2)18-30(51-42(67)31(19-23-21-46-25-7-4-3-6-24(23)25)52-43(68)32-8-5-17-53(32)33(54)20-45)41(66)49-27(10-14-35(57)58)39(64)47-26(9-13-34(55)56)38(63)48-28(11-15-36(59)60)40(65)50-29(44(69)70)12-16-37(61)62/h3-4,6-7,21-22,26-32,46H,5,8-20,45H2,1-2H3,(H,47,64)(H,48,63)(H,49,66)(H,50,65)(H,51,67)(H,52,68)(H,55,56)(H,57,58)(H,59,60)(H,61,62)(H,69,70). The predicted octanol–water partition coefficient (Wildman–Crippen LogP) is -1.84. The maximum Gasteiger partial charge on any atom is 0.326 e. The number of likely N-dealkylation sites (tertiary alicyclic amines) is 1. The number of rotatable bonds is 30. The quantitative estimate of drug-likeness (QED) is 0.0409. The number of carboxylic acids is 5. The van der Waals surface area contributed by atoms with Gasteiger partial charge in [0.15, 0.2) is 0 Å². The van der Waals surface area contributed by atoms with Crippen molar-refractivity contribution in [2.45, 2.75) is 133 Å². The molecule has 7 amide bonds. The van der Waals surface area contributed by atoms with Crippen molar-refractivity contribution in [1.29, 1.82) is 0 Å². The van der Waals surface area contributed by atoms with E-state index in [0.29, 0.717) is 18.4 Å². The van der Waals surface area contributed by atoms with Crippen LogP contribution in [0.1, 0.15) is 90.0 Å². The molecule has 384 valence electrons. The van der Waals surface area contributed by atoms with Crippen molar-refractivity contribution in [2.24, 2.45) is 11.7 Å². The van der Waals surface area contributed by atoms with E-state index in [1.165, 1.54) is 4.90 Å². The molecule has 0 spiro atoms. The normalized spacial score (nSPS) is 15.8. The van der Waals surface area contributed by atoms with E-state index >= 15 is 0 Å². The second-order valence-corrected chi connectivity index (χ2v) is 17.1. The van der Waals surface area contributed by atoms with Crippen molar-refractivity contribution >= 4 is 82.1 Å². The van der Waals surface area contributed by atoms with E-state index < -0.39 is 165 Å². The Labute approximate surface area is 400 Å². The first-order valence-corrected chi connectivity index (χ1v) is 22.5. The lowest BCUT2D eigenvalue weighted by Gasteiger charge is -2.29. The molecule has 1 aromatic heterocycles. The van der Waals surface area contributed by atoms with Gasteiger partial charge in [-0.15, -0.1) is 0 Å². The number of nitrogens with one attached hydrogen (secondary N) is 7. The van der Waals surface area contributed by atoms with Gasteiger partial charge in [-0.2, -0.15) is 0 Å². The van der Waals surface area contributed by atoms with Crippen LogP contribution >= 0.6 is 0 Å². The van der Waals surface area contributed by atoms with Crippen LogP contribution in [-0.4, -0.2) is 162 Å². The Morgan fingerprint density at radius 2 is 1.04 bits per heavy atom. The number of carbonyl (C=O) groups excluding carboxylic acids is 7. The average Bonchev–Trinajstić information content (AvgIpc) is 3.95. The number of H-pyrrole nitrogens is 1. The van der Waals surface area contributed by atoms with Gasteiger partial charge in [0.1, 0.15) is 42.3 Å². The second-order valence-electron chi connectivity index (χ2n) is 17.1. The summed E-state index contributed by atoms with van der Waals surface area (Å²) in [5, 5.41) is 61.7. The fraction of sp³-hybridized carbons (Fsp3) is 0.545. The number of nitrogens with two attached hydrogens (primary N) is 1. The molecule has 2 aromatic rings. The summed E-state index contributed by atoms with van der Waals surface area (Å²) in [6.45, 7) is 3.34. The molecule has 0 bridgehead atoms. The van der Waals surface area contributed by atoms with Crippen LogP contribution in [0.25, 0.3) is 10.9 Å². The molecule has 26 nitrogen and oxygen atoms in total. The van der Waals surface area contributed by atoms with Gasteiger partial charge >= 0.3 is 29.8 Å². The highest BCUT2D eigenvalue weighted by Gasteiger charge is 2.38. The van der Waals surface area contributed by atoms with E-state index in [0.717, 1.165) is 10.9 Å².